The average molecular weight is 303 g/mol. The zero-order valence-corrected chi connectivity index (χ0v) is 12.9. The van der Waals surface area contributed by atoms with E-state index >= 15 is 0 Å². The highest BCUT2D eigenvalue weighted by molar-refractivity contribution is 7.11. The predicted octanol–water partition coefficient (Wildman–Crippen LogP) is 3.60. The zero-order chi connectivity index (χ0) is 14.3. The maximum atomic E-state index is 5.66. The minimum absolute atomic E-state index is 0.589. The second kappa shape index (κ2) is 7.59. The smallest absolute Gasteiger partial charge is 0.119 e. The van der Waals surface area contributed by atoms with Gasteiger partial charge in [-0.25, -0.2) is 0 Å². The van der Waals surface area contributed by atoms with E-state index in [2.05, 4.69) is 17.4 Å². The molecule has 3 nitrogen and oxygen atoms in total. The number of rotatable bonds is 9. The Hall–Kier alpha value is -1.36. The first-order chi connectivity index (χ1) is 10.4. The Kier molecular flexibility index (Phi) is 5.27. The summed E-state index contributed by atoms with van der Waals surface area (Å²) in [6.45, 7) is 2.87. The number of ether oxygens (including phenoxy) is 2. The van der Waals surface area contributed by atoms with E-state index in [9.17, 15) is 0 Å². The normalized spacial score (nSPS) is 14.3. The van der Waals surface area contributed by atoms with Gasteiger partial charge in [-0.2, -0.15) is 0 Å². The molecule has 0 aliphatic heterocycles. The van der Waals surface area contributed by atoms with Crippen molar-refractivity contribution in [3.05, 3.63) is 52.2 Å². The third kappa shape index (κ3) is 5.16. The molecule has 1 aliphatic carbocycles. The van der Waals surface area contributed by atoms with Gasteiger partial charge >= 0.3 is 0 Å². The summed E-state index contributed by atoms with van der Waals surface area (Å²) in [6.07, 6.45) is 2.67. The Balaban J connectivity index is 1.30. The van der Waals surface area contributed by atoms with E-state index in [1.54, 1.807) is 0 Å². The van der Waals surface area contributed by atoms with Gasteiger partial charge in [0.25, 0.3) is 0 Å². The fraction of sp³-hybridized carbons (Fsp3) is 0.412. The van der Waals surface area contributed by atoms with Crippen LogP contribution in [0.15, 0.2) is 42.5 Å². The molecule has 0 unspecified atom stereocenters. The lowest BCUT2D eigenvalue weighted by Crippen LogP contribution is -2.14. The van der Waals surface area contributed by atoms with Crippen LogP contribution in [0.3, 0.4) is 0 Å². The van der Waals surface area contributed by atoms with Gasteiger partial charge in [-0.05, 0) is 37.1 Å². The van der Waals surface area contributed by atoms with Crippen LogP contribution in [-0.4, -0.2) is 19.3 Å². The summed E-state index contributed by atoms with van der Waals surface area (Å²) >= 11 is 1.83. The number of benzene rings is 1. The highest BCUT2D eigenvalue weighted by Crippen LogP contribution is 2.22. The second-order valence-corrected chi connectivity index (χ2v) is 6.49. The number of hydrogen-bond acceptors (Lipinski definition) is 4. The Morgan fingerprint density at radius 1 is 1.00 bits per heavy atom. The van der Waals surface area contributed by atoms with Crippen LogP contribution < -0.4 is 10.1 Å². The maximum absolute atomic E-state index is 5.66. The van der Waals surface area contributed by atoms with Crippen molar-refractivity contribution in [2.75, 3.05) is 13.2 Å². The molecule has 112 valence electrons. The van der Waals surface area contributed by atoms with Crippen molar-refractivity contribution >= 4 is 11.3 Å². The highest BCUT2D eigenvalue weighted by Gasteiger charge is 2.20. The van der Waals surface area contributed by atoms with Crippen molar-refractivity contribution in [3.8, 4) is 5.75 Å². The van der Waals surface area contributed by atoms with Gasteiger partial charge in [0.15, 0.2) is 0 Å². The minimum Gasteiger partial charge on any atom is -0.491 e. The molecule has 0 spiro atoms. The van der Waals surface area contributed by atoms with E-state index in [-0.39, 0.29) is 0 Å². The third-order valence-corrected chi connectivity index (χ3v) is 4.40. The molecule has 1 heterocycles. The monoisotopic (exact) mass is 303 g/mol. The van der Waals surface area contributed by atoms with Crippen LogP contribution in [-0.2, 0) is 17.9 Å². The maximum Gasteiger partial charge on any atom is 0.119 e. The molecule has 1 saturated carbocycles. The van der Waals surface area contributed by atoms with Crippen LogP contribution in [0, 0.1) is 0 Å². The molecule has 3 rings (SSSR count). The molecule has 1 N–H and O–H groups in total. The fourth-order valence-electron chi connectivity index (χ4n) is 2.04. The van der Waals surface area contributed by atoms with Crippen molar-refractivity contribution in [1.29, 1.82) is 0 Å². The number of nitrogens with one attached hydrogen (secondary N) is 1. The van der Waals surface area contributed by atoms with Gasteiger partial charge < -0.3 is 14.8 Å². The molecule has 0 radical (unpaired) electrons. The van der Waals surface area contributed by atoms with Gasteiger partial charge in [-0.15, -0.1) is 11.3 Å². The molecular formula is C17H21NO2S. The molecule has 1 fully saturated rings. The van der Waals surface area contributed by atoms with Crippen molar-refractivity contribution in [3.63, 3.8) is 0 Å². The molecule has 0 bridgehead atoms. The Labute approximate surface area is 129 Å². The molecule has 21 heavy (non-hydrogen) atoms. The summed E-state index contributed by atoms with van der Waals surface area (Å²) in [7, 11) is 0. The minimum atomic E-state index is 0.589. The Morgan fingerprint density at radius 3 is 2.62 bits per heavy atom. The summed E-state index contributed by atoms with van der Waals surface area (Å²) in [5.74, 6) is 0.894. The largest absolute Gasteiger partial charge is 0.491 e. The standard InChI is InChI=1S/C17H21NO2S/c1-2-4-15(5-3-1)20-11-10-19-13-17-9-8-16(21-17)12-18-14-6-7-14/h1-5,8-9,14,18H,6-7,10-13H2. The number of thiophene rings is 1. The topological polar surface area (TPSA) is 30.5 Å². The number of hydrogen-bond donors (Lipinski definition) is 1. The Bertz CT molecular complexity index is 537. The molecule has 0 saturated heterocycles. The van der Waals surface area contributed by atoms with E-state index in [1.165, 1.54) is 22.6 Å². The molecule has 0 amide bonds. The summed E-state index contributed by atoms with van der Waals surface area (Å²) in [6, 6.07) is 15.0. The molecule has 1 aromatic heterocycles. The molecular weight excluding hydrogens is 282 g/mol. The lowest BCUT2D eigenvalue weighted by Gasteiger charge is -2.06. The molecule has 4 heteroatoms. The van der Waals surface area contributed by atoms with Gasteiger partial charge in [0, 0.05) is 22.3 Å². The fourth-order valence-corrected chi connectivity index (χ4v) is 2.94. The highest BCUT2D eigenvalue weighted by atomic mass is 32.1. The molecule has 2 aromatic rings. The summed E-state index contributed by atoms with van der Waals surface area (Å²) < 4.78 is 11.2. The van der Waals surface area contributed by atoms with E-state index in [1.807, 2.05) is 41.7 Å². The van der Waals surface area contributed by atoms with Crippen LogP contribution in [0.1, 0.15) is 22.6 Å². The Morgan fingerprint density at radius 2 is 1.81 bits per heavy atom. The van der Waals surface area contributed by atoms with Crippen LogP contribution in [0.2, 0.25) is 0 Å². The molecule has 1 aromatic carbocycles. The van der Waals surface area contributed by atoms with E-state index in [0.717, 1.165) is 18.3 Å². The predicted molar refractivity (Wildman–Crippen MR) is 85.8 cm³/mol. The first-order valence-electron chi connectivity index (χ1n) is 7.47. The van der Waals surface area contributed by atoms with Gasteiger partial charge in [0.2, 0.25) is 0 Å². The van der Waals surface area contributed by atoms with Crippen molar-refractivity contribution in [1.82, 2.24) is 5.32 Å². The van der Waals surface area contributed by atoms with Crippen molar-refractivity contribution < 1.29 is 9.47 Å². The van der Waals surface area contributed by atoms with Crippen molar-refractivity contribution in [2.24, 2.45) is 0 Å². The first kappa shape index (κ1) is 14.6. The quantitative estimate of drug-likeness (QED) is 0.718. The van der Waals surface area contributed by atoms with Crippen LogP contribution in [0.25, 0.3) is 0 Å². The average Bonchev–Trinajstić information content (AvgIpc) is 3.25. The molecule has 1 aliphatic rings. The second-order valence-electron chi connectivity index (χ2n) is 5.24. The van der Waals surface area contributed by atoms with E-state index < -0.39 is 0 Å². The van der Waals surface area contributed by atoms with Crippen LogP contribution in [0.5, 0.6) is 5.75 Å². The van der Waals surface area contributed by atoms with Gasteiger partial charge in [-0.3, -0.25) is 0 Å². The lowest BCUT2D eigenvalue weighted by molar-refractivity contribution is 0.0905. The summed E-state index contributed by atoms with van der Waals surface area (Å²) in [5, 5.41) is 3.53. The lowest BCUT2D eigenvalue weighted by atomic mass is 10.3. The summed E-state index contributed by atoms with van der Waals surface area (Å²) in [5.41, 5.74) is 0. The zero-order valence-electron chi connectivity index (χ0n) is 12.1. The molecule has 0 atom stereocenters. The van der Waals surface area contributed by atoms with E-state index in [0.29, 0.717) is 19.8 Å². The van der Waals surface area contributed by atoms with Gasteiger partial charge in [-0.1, -0.05) is 18.2 Å². The van der Waals surface area contributed by atoms with Crippen molar-refractivity contribution in [2.45, 2.75) is 32.0 Å². The van der Waals surface area contributed by atoms with E-state index in [4.69, 9.17) is 9.47 Å². The summed E-state index contributed by atoms with van der Waals surface area (Å²) in [4.78, 5) is 2.67. The van der Waals surface area contributed by atoms with Crippen LogP contribution >= 0.6 is 11.3 Å². The van der Waals surface area contributed by atoms with Gasteiger partial charge in [0.1, 0.15) is 12.4 Å². The van der Waals surface area contributed by atoms with Gasteiger partial charge in [0.05, 0.1) is 13.2 Å². The third-order valence-electron chi connectivity index (χ3n) is 3.34. The van der Waals surface area contributed by atoms with Crippen LogP contribution in [0.4, 0.5) is 0 Å². The SMILES string of the molecule is c1ccc(OCCOCc2ccc(CNC3CC3)s2)cc1. The number of para-hydroxylation sites is 1. The first-order valence-corrected chi connectivity index (χ1v) is 8.28.